The molecule has 0 unspecified atom stereocenters. The van der Waals surface area contributed by atoms with Crippen molar-refractivity contribution in [3.05, 3.63) is 141 Å². The summed E-state index contributed by atoms with van der Waals surface area (Å²) in [5, 5.41) is 122. The minimum Gasteiger partial charge on any atom is -0.508 e. The average Bonchev–Trinajstić information content (AvgIpc) is 0.756. The summed E-state index contributed by atoms with van der Waals surface area (Å²) in [6.45, 7) is 9.99. The van der Waals surface area contributed by atoms with E-state index in [2.05, 4.69) is 31.9 Å². The monoisotopic (exact) mass is 1770 g/mol. The van der Waals surface area contributed by atoms with Crippen LogP contribution in [0.1, 0.15) is 189 Å². The number of carbonyl (C=O) groups is 9. The molecule has 32 nitrogen and oxygen atoms in total. The third-order valence-corrected chi connectivity index (χ3v) is 26.3. The predicted octanol–water partition coefficient (Wildman–Crippen LogP) is 9.51. The first-order valence-corrected chi connectivity index (χ1v) is 43.4. The zero-order valence-electron chi connectivity index (χ0n) is 69.8. The number of halogens is 2. The molecule has 17 N–H and O–H groups in total. The molecule has 4 aliphatic carbocycles. The van der Waals surface area contributed by atoms with Gasteiger partial charge < -0.3 is 111 Å². The number of hydrogen-bond acceptors (Lipinski definition) is 26. The lowest BCUT2D eigenvalue weighted by atomic mass is 9.51. The summed E-state index contributed by atoms with van der Waals surface area (Å²) in [6, 6.07) is 12.1. The molecule has 11 aliphatic rings. The molecular weight excluding hydrogens is 1660 g/mol. The molecule has 0 spiro atoms. The number of phenols is 3. The van der Waals surface area contributed by atoms with Gasteiger partial charge in [-0.1, -0.05) is 75.5 Å². The van der Waals surface area contributed by atoms with Gasteiger partial charge in [-0.25, -0.2) is 4.79 Å². The number of rotatable bonds is 20. The Morgan fingerprint density at radius 3 is 1.95 bits per heavy atom. The van der Waals surface area contributed by atoms with E-state index in [1.165, 1.54) is 74.5 Å². The van der Waals surface area contributed by atoms with Crippen LogP contribution >= 0.6 is 23.2 Å². The van der Waals surface area contributed by atoms with Gasteiger partial charge in [0.2, 0.25) is 41.6 Å². The molecule has 34 heteroatoms. The van der Waals surface area contributed by atoms with E-state index < -0.39 is 228 Å². The fourth-order valence-corrected chi connectivity index (χ4v) is 19.8. The van der Waals surface area contributed by atoms with Crippen molar-refractivity contribution in [1.82, 2.24) is 26.6 Å². The normalized spacial score (nSPS) is 30.5. The number of nitrogens with two attached hydrogens (primary N) is 1. The maximum atomic E-state index is 16.8. The van der Waals surface area contributed by atoms with E-state index in [4.69, 9.17) is 62.1 Å². The molecule has 6 aromatic carbocycles. The molecule has 0 aromatic heterocycles. The Bertz CT molecular complexity index is 5060. The summed E-state index contributed by atoms with van der Waals surface area (Å²) < 4.78 is 45.0. The van der Waals surface area contributed by atoms with E-state index in [0.29, 0.717) is 30.6 Å². The molecule has 7 heterocycles. The number of ether oxygens (including phenoxy) is 7. The first kappa shape index (κ1) is 91.2. The number of urea groups is 1. The number of amides is 7. The van der Waals surface area contributed by atoms with E-state index >= 15 is 28.8 Å². The molecule has 6 aromatic rings. The smallest absolute Gasteiger partial charge is 0.325 e. The number of anilines is 1. The second-order valence-electron chi connectivity index (χ2n) is 35.3. The molecule has 17 rings (SSSR count). The lowest BCUT2D eigenvalue weighted by Gasteiger charge is -2.54. The summed E-state index contributed by atoms with van der Waals surface area (Å²) in [6.07, 6.45) is -14.0. The number of fused-ring (bicyclic) bond motifs is 15. The Morgan fingerprint density at radius 1 is 0.688 bits per heavy atom. The van der Waals surface area contributed by atoms with E-state index in [1.807, 2.05) is 20.8 Å². The maximum absolute atomic E-state index is 16.8. The highest BCUT2D eigenvalue weighted by Gasteiger charge is 2.53. The van der Waals surface area contributed by atoms with Gasteiger partial charge in [0.25, 0.3) is 0 Å². The van der Waals surface area contributed by atoms with Gasteiger partial charge >= 0.3 is 6.03 Å². The van der Waals surface area contributed by atoms with Crippen molar-refractivity contribution < 1.29 is 122 Å². The standard InChI is InChI=1S/C91H107Cl2N7O25/c1-7-9-20-119-54-15-13-52(14-16-54)95-90(118)96-71(108)33-51-30-63(105)76(99-85(114)44(8-2)21-40(3)4)78(109)46-11-18-66(59(92)28-46)121-68-31-50-32-69(82(68)125-89-83(81(112)80(111)70(39-101)123-89)124-72-38-91(6,94)84(113)41(5)120-72)122-67-19-12-47(29-60(67)93)79(110)77-88(117)98-75(65(107)36-55-48-23-42-22-43(25-48)26-49(55)24-42)58-34-53(102)35-62(104)73(58)57-27-45(10-17-61(57)103)56(87(116)100-77)37-64(106)74(50)97-86(51)115/h10-19,27-29,31-32,34-35,40-44,48-49,51,55-56,70,72,74-81,83-84,89,101-104,109-113H,7-9,20-26,30,33,36-39,94H2,1-6H3,(H,97,115)(H,98,117)(H,99,114)(H,100,116)(H2,95,96,108,118)/t41-,42?,43?,44+,48?,49?,51-,55?,56+,70+,72-,74+,75-,76-,77-,78+,79+,80+,81-,83+,84+,89-,91-/m0/s1. The van der Waals surface area contributed by atoms with Gasteiger partial charge in [-0.2, -0.15) is 0 Å². The first-order chi connectivity index (χ1) is 59.5. The van der Waals surface area contributed by atoms with Crippen molar-refractivity contribution in [2.75, 3.05) is 18.5 Å². The third kappa shape index (κ3) is 20.0. The SMILES string of the molecule is CCCCOc1ccc(NC(=O)NC(=O)C[C@@H]2CC(=O)[C@H](NC(=O)[C@H](CC)CC(C)C)[C@H](O)c3ccc(c(Cl)c3)Oc3cc4cc(c3O[C@@H]3O[C@H](CO)[C@@H](O)[C@H](O)[C@H]3O[C@H]3C[C@](C)(N)[C@H](O)[C@H](C)O3)Oc3ccc(cc3Cl)[C@@H](O)[C@@H]3NC(=O)[C@H](CC(=O)[C@@H]4NC2=O)c2ccc(O)c(c2)-c2c(O)cc(O)cc2[C@@H](C(=O)CC2C4CC5CC(C4)CC2C5)NC3=O)cc1. The topological polar surface area (TPSA) is 499 Å². The van der Waals surface area contributed by atoms with E-state index in [9.17, 15) is 60.3 Å². The van der Waals surface area contributed by atoms with Gasteiger partial charge in [-0.3, -0.25) is 43.7 Å². The predicted molar refractivity (Wildman–Crippen MR) is 450 cm³/mol. The number of hydrogen-bond donors (Lipinski definition) is 16. The number of aliphatic hydroxyl groups excluding tert-OH is 6. The summed E-state index contributed by atoms with van der Waals surface area (Å²) in [5.74, 6) is -15.8. The molecule has 6 fully saturated rings. The maximum Gasteiger partial charge on any atom is 0.325 e. The molecule has 18 atom stereocenters. The first-order valence-electron chi connectivity index (χ1n) is 42.6. The van der Waals surface area contributed by atoms with Crippen molar-refractivity contribution in [2.24, 2.45) is 53.1 Å². The van der Waals surface area contributed by atoms with Gasteiger partial charge in [0, 0.05) is 66.4 Å². The number of imide groups is 1. The second-order valence-corrected chi connectivity index (χ2v) is 36.1. The Kier molecular flexibility index (Phi) is 27.9. The van der Waals surface area contributed by atoms with Crippen LogP contribution in [-0.4, -0.2) is 179 Å². The van der Waals surface area contributed by atoms with Crippen LogP contribution in [0.4, 0.5) is 10.5 Å². The van der Waals surface area contributed by atoms with E-state index in [-0.39, 0.29) is 104 Å². The van der Waals surface area contributed by atoms with Gasteiger partial charge in [-0.05, 0) is 207 Å². The third-order valence-electron chi connectivity index (χ3n) is 25.7. The molecule has 2 saturated heterocycles. The van der Waals surface area contributed by atoms with Crippen LogP contribution in [0, 0.1) is 47.3 Å². The number of ketones is 3. The van der Waals surface area contributed by atoms with Crippen molar-refractivity contribution >= 4 is 81.8 Å². The van der Waals surface area contributed by atoms with Crippen LogP contribution in [0.3, 0.4) is 0 Å². The molecule has 15 bridgehead atoms. The highest BCUT2D eigenvalue weighted by Crippen LogP contribution is 2.59. The average molecular weight is 1770 g/mol. The fourth-order valence-electron chi connectivity index (χ4n) is 19.3. The van der Waals surface area contributed by atoms with Crippen LogP contribution in [0.15, 0.2) is 103 Å². The fraction of sp³-hybridized carbons (Fsp3) is 0.505. The number of aliphatic hydroxyl groups is 6. The Balaban J connectivity index is 0.955. The molecular formula is C91H107Cl2N7O25. The highest BCUT2D eigenvalue weighted by atomic mass is 35.5. The number of Topliss-reactive ketones (excluding diaryl/α,β-unsaturated/α-hetero) is 3. The summed E-state index contributed by atoms with van der Waals surface area (Å²) in [7, 11) is 0. The zero-order valence-corrected chi connectivity index (χ0v) is 71.3. The number of unbranched alkanes of at least 4 members (excludes halogenated alkanes) is 1. The molecule has 670 valence electrons. The van der Waals surface area contributed by atoms with Crippen molar-refractivity contribution in [2.45, 2.75) is 228 Å². The summed E-state index contributed by atoms with van der Waals surface area (Å²) in [4.78, 5) is 140. The molecule has 7 amide bonds. The Morgan fingerprint density at radius 2 is 1.34 bits per heavy atom. The second kappa shape index (κ2) is 38.2. The minimum atomic E-state index is -2.26. The number of phenolic OH excluding ortho intramolecular Hbond substituents is 3. The van der Waals surface area contributed by atoms with Crippen molar-refractivity contribution in [1.29, 1.82) is 0 Å². The van der Waals surface area contributed by atoms with Gasteiger partial charge in [0.05, 0.1) is 47.3 Å². The van der Waals surface area contributed by atoms with Crippen LogP contribution in [0.5, 0.6) is 51.7 Å². The molecule has 125 heavy (non-hydrogen) atoms. The number of aromatic hydroxyl groups is 3. The number of benzene rings is 6. The molecule has 7 aliphatic heterocycles. The van der Waals surface area contributed by atoms with E-state index in [1.54, 1.807) is 19.1 Å². The summed E-state index contributed by atoms with van der Waals surface area (Å²) >= 11 is 14.6. The highest BCUT2D eigenvalue weighted by molar-refractivity contribution is 6.32. The number of carbonyl (C=O) groups excluding carboxylic acids is 9. The quantitative estimate of drug-likeness (QED) is 0.0316. The van der Waals surface area contributed by atoms with E-state index in [0.717, 1.165) is 75.3 Å². The van der Waals surface area contributed by atoms with Crippen LogP contribution in [0.2, 0.25) is 10.0 Å². The van der Waals surface area contributed by atoms with Gasteiger partial charge in [0.1, 0.15) is 89.2 Å². The zero-order chi connectivity index (χ0) is 89.5. The number of nitrogens with one attached hydrogen (secondary N) is 6. The largest absolute Gasteiger partial charge is 0.508 e. The van der Waals surface area contributed by atoms with Crippen LogP contribution in [-0.2, 0) is 52.6 Å². The Labute approximate surface area is 730 Å². The van der Waals surface area contributed by atoms with Crippen LogP contribution < -0.4 is 56.6 Å². The molecule has 0 radical (unpaired) electrons. The van der Waals surface area contributed by atoms with Crippen LogP contribution in [0.25, 0.3) is 11.1 Å². The molecule has 4 saturated carbocycles. The lowest BCUT2D eigenvalue weighted by molar-refractivity contribution is -0.333. The minimum absolute atomic E-state index is 0.0541. The van der Waals surface area contributed by atoms with Crippen molar-refractivity contribution in [3.63, 3.8) is 0 Å². The van der Waals surface area contributed by atoms with Gasteiger partial charge in [-0.15, -0.1) is 0 Å². The Hall–Kier alpha value is -10.1. The summed E-state index contributed by atoms with van der Waals surface area (Å²) in [5.41, 5.74) is 3.72. The van der Waals surface area contributed by atoms with Gasteiger partial charge in [0.15, 0.2) is 41.2 Å². The van der Waals surface area contributed by atoms with Crippen molar-refractivity contribution in [3.8, 4) is 62.9 Å². The lowest BCUT2D eigenvalue weighted by Crippen LogP contribution is -2.64.